The molecule has 0 aliphatic rings. The molecule has 0 amide bonds. The summed E-state index contributed by atoms with van der Waals surface area (Å²) in [5.74, 6) is 0. The molecule has 98 valence electrons. The minimum absolute atomic E-state index is 0.196. The highest BCUT2D eigenvalue weighted by molar-refractivity contribution is 6.67. The lowest BCUT2D eigenvalue weighted by atomic mass is 9.91. The third kappa shape index (κ3) is 5.43. The van der Waals surface area contributed by atoms with E-state index in [2.05, 4.69) is 20.8 Å². The lowest BCUT2D eigenvalue weighted by Gasteiger charge is -2.32. The van der Waals surface area contributed by atoms with E-state index < -0.39 is 8.56 Å². The summed E-state index contributed by atoms with van der Waals surface area (Å²) < 4.78 is 11.9. The molecule has 0 aliphatic heterocycles. The lowest BCUT2D eigenvalue weighted by molar-refractivity contribution is 0.177. The van der Waals surface area contributed by atoms with Crippen LogP contribution in [0, 0.1) is 5.41 Å². The van der Waals surface area contributed by atoms with Crippen molar-refractivity contribution in [3.05, 3.63) is 0 Å². The summed E-state index contributed by atoms with van der Waals surface area (Å²) in [7, 11) is -1.95. The van der Waals surface area contributed by atoms with Gasteiger partial charge in [0.25, 0.3) is 0 Å². The van der Waals surface area contributed by atoms with Gasteiger partial charge in [-0.1, -0.05) is 20.8 Å². The topological polar surface area (TPSA) is 44.5 Å². The van der Waals surface area contributed by atoms with Crippen LogP contribution >= 0.6 is 0 Å². The molecule has 0 aromatic rings. The third-order valence-corrected chi connectivity index (χ3v) is 6.81. The Bertz CT molecular complexity index is 180. The van der Waals surface area contributed by atoms with E-state index in [9.17, 15) is 0 Å². The smallest absolute Gasteiger partial charge is 0.337 e. The Morgan fingerprint density at radius 1 is 1.06 bits per heavy atom. The van der Waals surface area contributed by atoms with Crippen molar-refractivity contribution in [2.24, 2.45) is 11.1 Å². The van der Waals surface area contributed by atoms with Crippen LogP contribution in [0.5, 0.6) is 0 Å². The SMILES string of the molecule is CCO[Si](CC)(CCC(C)(C)CN)OCC. The van der Waals surface area contributed by atoms with E-state index in [4.69, 9.17) is 14.6 Å². The van der Waals surface area contributed by atoms with E-state index in [0.29, 0.717) is 0 Å². The minimum Gasteiger partial charge on any atom is -0.394 e. The van der Waals surface area contributed by atoms with Gasteiger partial charge < -0.3 is 14.6 Å². The maximum atomic E-state index is 5.93. The molecule has 0 atom stereocenters. The maximum Gasteiger partial charge on any atom is 0.337 e. The summed E-state index contributed by atoms with van der Waals surface area (Å²) in [5, 5.41) is 0. The predicted molar refractivity (Wildman–Crippen MR) is 71.7 cm³/mol. The zero-order valence-electron chi connectivity index (χ0n) is 11.6. The van der Waals surface area contributed by atoms with Crippen molar-refractivity contribution in [1.82, 2.24) is 0 Å². The molecule has 0 aromatic carbocycles. The van der Waals surface area contributed by atoms with E-state index in [1.807, 2.05) is 13.8 Å². The van der Waals surface area contributed by atoms with Crippen LogP contribution in [0.4, 0.5) is 0 Å². The third-order valence-electron chi connectivity index (χ3n) is 3.09. The molecular weight excluding hydrogens is 218 g/mol. The summed E-state index contributed by atoms with van der Waals surface area (Å²) in [6.45, 7) is 12.9. The first-order chi connectivity index (χ1) is 7.45. The summed E-state index contributed by atoms with van der Waals surface area (Å²) in [5.41, 5.74) is 5.95. The molecule has 0 aromatic heterocycles. The second-order valence-electron chi connectivity index (χ2n) is 5.00. The summed E-state index contributed by atoms with van der Waals surface area (Å²) in [4.78, 5) is 0. The van der Waals surface area contributed by atoms with Gasteiger partial charge in [0.1, 0.15) is 0 Å². The average Bonchev–Trinajstić information content (AvgIpc) is 2.27. The molecule has 0 saturated heterocycles. The Morgan fingerprint density at radius 3 is 1.88 bits per heavy atom. The molecule has 0 fully saturated rings. The van der Waals surface area contributed by atoms with Crippen LogP contribution in [0.15, 0.2) is 0 Å². The first-order valence-electron chi connectivity index (χ1n) is 6.43. The van der Waals surface area contributed by atoms with Gasteiger partial charge in [0.15, 0.2) is 0 Å². The normalized spacial score (nSPS) is 13.1. The van der Waals surface area contributed by atoms with E-state index >= 15 is 0 Å². The van der Waals surface area contributed by atoms with Gasteiger partial charge in [0.2, 0.25) is 0 Å². The lowest BCUT2D eigenvalue weighted by Crippen LogP contribution is -2.43. The Morgan fingerprint density at radius 2 is 1.56 bits per heavy atom. The molecule has 0 rings (SSSR count). The molecule has 3 nitrogen and oxygen atoms in total. The van der Waals surface area contributed by atoms with Gasteiger partial charge in [-0.3, -0.25) is 0 Å². The first-order valence-corrected chi connectivity index (χ1v) is 8.66. The molecule has 0 heterocycles. The van der Waals surface area contributed by atoms with Gasteiger partial charge in [-0.25, -0.2) is 0 Å². The molecule has 0 unspecified atom stereocenters. The predicted octanol–water partition coefficient (Wildman–Crippen LogP) is 2.90. The van der Waals surface area contributed by atoms with Crippen molar-refractivity contribution in [2.45, 2.75) is 53.1 Å². The van der Waals surface area contributed by atoms with Crippen molar-refractivity contribution in [3.8, 4) is 0 Å². The Kier molecular flexibility index (Phi) is 7.47. The number of rotatable bonds is 9. The van der Waals surface area contributed by atoms with Gasteiger partial charge in [0, 0.05) is 13.2 Å². The number of hydrogen-bond acceptors (Lipinski definition) is 3. The fraction of sp³-hybridized carbons (Fsp3) is 1.00. The van der Waals surface area contributed by atoms with Crippen LogP contribution < -0.4 is 5.73 Å². The van der Waals surface area contributed by atoms with Crippen molar-refractivity contribution in [3.63, 3.8) is 0 Å². The molecule has 16 heavy (non-hydrogen) atoms. The molecule has 2 N–H and O–H groups in total. The highest BCUT2D eigenvalue weighted by Crippen LogP contribution is 2.29. The minimum atomic E-state index is -1.95. The van der Waals surface area contributed by atoms with Crippen LogP contribution in [0.25, 0.3) is 0 Å². The van der Waals surface area contributed by atoms with Gasteiger partial charge in [0.05, 0.1) is 0 Å². The van der Waals surface area contributed by atoms with Crippen LogP contribution in [0.1, 0.15) is 41.0 Å². The van der Waals surface area contributed by atoms with Crippen molar-refractivity contribution < 1.29 is 8.85 Å². The van der Waals surface area contributed by atoms with Crippen LogP contribution in [-0.2, 0) is 8.85 Å². The fourth-order valence-corrected chi connectivity index (χ4v) is 4.97. The highest BCUT2D eigenvalue weighted by Gasteiger charge is 2.36. The van der Waals surface area contributed by atoms with Gasteiger partial charge in [-0.15, -0.1) is 0 Å². The standard InChI is InChI=1S/C12H29NO2Si/c1-6-14-16(8-3,15-7-2)10-9-12(4,5)11-13/h6-11,13H2,1-5H3. The Balaban J connectivity index is 4.40. The fourth-order valence-electron chi connectivity index (χ4n) is 1.72. The van der Waals surface area contributed by atoms with Gasteiger partial charge in [-0.2, -0.15) is 0 Å². The molecule has 0 aliphatic carbocycles. The van der Waals surface area contributed by atoms with Crippen molar-refractivity contribution in [2.75, 3.05) is 19.8 Å². The highest BCUT2D eigenvalue weighted by atomic mass is 28.4. The van der Waals surface area contributed by atoms with Gasteiger partial charge >= 0.3 is 8.56 Å². The van der Waals surface area contributed by atoms with Crippen LogP contribution in [0.2, 0.25) is 12.1 Å². The van der Waals surface area contributed by atoms with Gasteiger partial charge in [-0.05, 0) is 44.3 Å². The molecular formula is C12H29NO2Si. The molecule has 4 heteroatoms. The zero-order chi connectivity index (χ0) is 12.7. The van der Waals surface area contributed by atoms with E-state index in [-0.39, 0.29) is 5.41 Å². The molecule has 0 bridgehead atoms. The van der Waals surface area contributed by atoms with Crippen LogP contribution in [-0.4, -0.2) is 28.3 Å². The molecule has 0 radical (unpaired) electrons. The number of nitrogens with two attached hydrogens (primary N) is 1. The zero-order valence-corrected chi connectivity index (χ0v) is 12.6. The Labute approximate surface area is 102 Å². The van der Waals surface area contributed by atoms with E-state index in [1.165, 1.54) is 0 Å². The summed E-state index contributed by atoms with van der Waals surface area (Å²) >= 11 is 0. The van der Waals surface area contributed by atoms with Crippen molar-refractivity contribution >= 4 is 8.56 Å². The van der Waals surface area contributed by atoms with E-state index in [1.54, 1.807) is 0 Å². The monoisotopic (exact) mass is 247 g/mol. The molecule has 0 spiro atoms. The largest absolute Gasteiger partial charge is 0.394 e. The number of hydrogen-bond donors (Lipinski definition) is 1. The first kappa shape index (κ1) is 16.1. The Hall–Kier alpha value is 0.0969. The van der Waals surface area contributed by atoms with Crippen molar-refractivity contribution in [1.29, 1.82) is 0 Å². The maximum absolute atomic E-state index is 5.93. The van der Waals surface area contributed by atoms with E-state index in [0.717, 1.165) is 38.3 Å². The average molecular weight is 247 g/mol. The quantitative estimate of drug-likeness (QED) is 0.637. The van der Waals surface area contributed by atoms with Crippen LogP contribution in [0.3, 0.4) is 0 Å². The summed E-state index contributed by atoms with van der Waals surface area (Å²) in [6.07, 6.45) is 1.09. The summed E-state index contributed by atoms with van der Waals surface area (Å²) in [6, 6.07) is 2.07. The second-order valence-corrected chi connectivity index (χ2v) is 8.60. The second kappa shape index (κ2) is 7.43. The molecule has 0 saturated carbocycles.